The number of carbonyl (C=O) groups excluding carboxylic acids is 1. The summed E-state index contributed by atoms with van der Waals surface area (Å²) in [7, 11) is 0. The molecule has 1 heterocycles. The van der Waals surface area contributed by atoms with E-state index in [1.807, 2.05) is 12.1 Å². The lowest BCUT2D eigenvalue weighted by Crippen LogP contribution is -1.96. The third-order valence-electron chi connectivity index (χ3n) is 6.90. The van der Waals surface area contributed by atoms with Crippen molar-refractivity contribution >= 4 is 17.4 Å². The summed E-state index contributed by atoms with van der Waals surface area (Å²) in [6, 6.07) is 18.4. The standard InChI is InChI=1S/C32H32N2O/c35-23-26-17-15-24(16-18-26)9-7-8-10-25-19-21-29(22-20-25)32-33-30(27-11-3-1-4-12-27)31(34-32)28-13-5-2-6-14-28/h1,3-5,11-19,21,23H,2,6-10,20,22H2,(H,33,34). The number of carbonyl (C=O) groups is 1. The molecule has 3 heteroatoms. The first-order valence-corrected chi connectivity index (χ1v) is 12.8. The molecule has 176 valence electrons. The highest BCUT2D eigenvalue weighted by molar-refractivity contribution is 5.84. The Morgan fingerprint density at radius 3 is 2.43 bits per heavy atom. The fraction of sp³-hybridized carbons (Fsp3) is 0.250. The van der Waals surface area contributed by atoms with Crippen molar-refractivity contribution in [2.75, 3.05) is 0 Å². The highest BCUT2D eigenvalue weighted by Gasteiger charge is 2.18. The van der Waals surface area contributed by atoms with Crippen LogP contribution in [-0.2, 0) is 6.42 Å². The second-order valence-electron chi connectivity index (χ2n) is 9.40. The van der Waals surface area contributed by atoms with Crippen LogP contribution in [0.2, 0.25) is 0 Å². The number of H-pyrrole nitrogens is 1. The van der Waals surface area contributed by atoms with Crippen molar-refractivity contribution in [3.8, 4) is 11.3 Å². The van der Waals surface area contributed by atoms with Gasteiger partial charge in [0.2, 0.25) is 0 Å². The van der Waals surface area contributed by atoms with Crippen LogP contribution in [0.25, 0.3) is 22.4 Å². The van der Waals surface area contributed by atoms with Crippen LogP contribution in [0.3, 0.4) is 0 Å². The van der Waals surface area contributed by atoms with Crippen LogP contribution < -0.4 is 0 Å². The van der Waals surface area contributed by atoms with Crippen LogP contribution in [0, 0.1) is 0 Å². The predicted molar refractivity (Wildman–Crippen MR) is 145 cm³/mol. The van der Waals surface area contributed by atoms with Crippen LogP contribution in [0.15, 0.2) is 90.6 Å². The molecule has 2 aromatic carbocycles. The molecule has 3 nitrogen and oxygen atoms in total. The molecule has 0 saturated carbocycles. The zero-order valence-corrected chi connectivity index (χ0v) is 20.2. The van der Waals surface area contributed by atoms with Gasteiger partial charge in [-0.2, -0.15) is 0 Å². The predicted octanol–water partition coefficient (Wildman–Crippen LogP) is 8.14. The van der Waals surface area contributed by atoms with Crippen molar-refractivity contribution in [2.24, 2.45) is 0 Å². The first-order valence-electron chi connectivity index (χ1n) is 12.8. The van der Waals surface area contributed by atoms with Gasteiger partial charge in [0, 0.05) is 11.1 Å². The van der Waals surface area contributed by atoms with E-state index in [0.717, 1.165) is 73.2 Å². The lowest BCUT2D eigenvalue weighted by Gasteiger charge is -2.13. The summed E-state index contributed by atoms with van der Waals surface area (Å²) in [6.45, 7) is 0. The van der Waals surface area contributed by atoms with Gasteiger partial charge in [-0.3, -0.25) is 4.79 Å². The maximum Gasteiger partial charge on any atom is 0.150 e. The molecule has 0 fully saturated rings. The Hall–Kier alpha value is -3.72. The molecule has 0 saturated heterocycles. The summed E-state index contributed by atoms with van der Waals surface area (Å²) in [5, 5.41) is 0. The second-order valence-corrected chi connectivity index (χ2v) is 9.40. The van der Waals surface area contributed by atoms with E-state index in [4.69, 9.17) is 4.98 Å². The van der Waals surface area contributed by atoms with E-state index < -0.39 is 0 Å². The maximum absolute atomic E-state index is 10.8. The van der Waals surface area contributed by atoms with Crippen molar-refractivity contribution in [3.05, 3.63) is 113 Å². The highest BCUT2D eigenvalue weighted by atomic mass is 16.1. The van der Waals surface area contributed by atoms with Crippen LogP contribution in [0.5, 0.6) is 0 Å². The molecule has 0 radical (unpaired) electrons. The smallest absolute Gasteiger partial charge is 0.150 e. The molecule has 5 rings (SSSR count). The molecule has 0 aliphatic heterocycles. The number of rotatable bonds is 9. The van der Waals surface area contributed by atoms with E-state index >= 15 is 0 Å². The number of benzene rings is 2. The normalized spacial score (nSPS) is 15.4. The number of hydrogen-bond acceptors (Lipinski definition) is 2. The van der Waals surface area contributed by atoms with Gasteiger partial charge in [0.25, 0.3) is 0 Å². The number of nitrogens with zero attached hydrogens (tertiary/aromatic N) is 1. The van der Waals surface area contributed by atoms with Crippen molar-refractivity contribution < 1.29 is 4.79 Å². The topological polar surface area (TPSA) is 45.8 Å². The molecule has 0 unspecified atom stereocenters. The first-order chi connectivity index (χ1) is 17.3. The molecular weight excluding hydrogens is 428 g/mol. The molecule has 35 heavy (non-hydrogen) atoms. The fourth-order valence-corrected chi connectivity index (χ4v) is 4.87. The molecule has 2 aliphatic carbocycles. The van der Waals surface area contributed by atoms with Gasteiger partial charge >= 0.3 is 0 Å². The zero-order valence-electron chi connectivity index (χ0n) is 20.2. The SMILES string of the molecule is O=Cc1ccc(CCCCC2=CC=C(c3nc(-c4ccccc4)c(C4=CCCC=C4)[nH]3)CC2)cc1. The van der Waals surface area contributed by atoms with Gasteiger partial charge < -0.3 is 4.98 Å². The summed E-state index contributed by atoms with van der Waals surface area (Å²) in [5.74, 6) is 0.993. The van der Waals surface area contributed by atoms with Gasteiger partial charge in [-0.05, 0) is 68.1 Å². The largest absolute Gasteiger partial charge is 0.338 e. The van der Waals surface area contributed by atoms with E-state index in [-0.39, 0.29) is 0 Å². The molecule has 1 aromatic heterocycles. The Kier molecular flexibility index (Phi) is 7.33. The number of imidazole rings is 1. The number of hydrogen-bond donors (Lipinski definition) is 1. The molecule has 0 spiro atoms. The van der Waals surface area contributed by atoms with Crippen molar-refractivity contribution in [3.63, 3.8) is 0 Å². The van der Waals surface area contributed by atoms with E-state index in [0.29, 0.717) is 0 Å². The van der Waals surface area contributed by atoms with Crippen LogP contribution in [0.1, 0.15) is 72.4 Å². The number of aldehydes is 1. The van der Waals surface area contributed by atoms with E-state index in [1.54, 1.807) is 0 Å². The quantitative estimate of drug-likeness (QED) is 0.259. The Balaban J connectivity index is 1.25. The Morgan fingerprint density at radius 1 is 0.886 bits per heavy atom. The van der Waals surface area contributed by atoms with Gasteiger partial charge in [0.05, 0.1) is 11.4 Å². The summed E-state index contributed by atoms with van der Waals surface area (Å²) >= 11 is 0. The number of aromatic amines is 1. The molecular formula is C32H32N2O. The molecule has 1 N–H and O–H groups in total. The molecule has 2 aliphatic rings. The summed E-state index contributed by atoms with van der Waals surface area (Å²) in [6.07, 6.45) is 21.1. The monoisotopic (exact) mass is 460 g/mol. The lowest BCUT2D eigenvalue weighted by molar-refractivity contribution is 0.112. The van der Waals surface area contributed by atoms with Gasteiger partial charge in [-0.25, -0.2) is 4.98 Å². The molecule has 0 atom stereocenters. The van der Waals surface area contributed by atoms with Gasteiger partial charge in [-0.15, -0.1) is 0 Å². The van der Waals surface area contributed by atoms with E-state index in [2.05, 4.69) is 77.8 Å². The van der Waals surface area contributed by atoms with Crippen LogP contribution >= 0.6 is 0 Å². The van der Waals surface area contributed by atoms with Gasteiger partial charge in [0.1, 0.15) is 12.1 Å². The van der Waals surface area contributed by atoms with Crippen molar-refractivity contribution in [1.29, 1.82) is 0 Å². The molecule has 3 aromatic rings. The number of aromatic nitrogens is 2. The van der Waals surface area contributed by atoms with Crippen LogP contribution in [-0.4, -0.2) is 16.3 Å². The van der Waals surface area contributed by atoms with E-state index in [9.17, 15) is 4.79 Å². The number of aryl methyl sites for hydroxylation is 1. The van der Waals surface area contributed by atoms with E-state index in [1.165, 1.54) is 35.1 Å². The highest BCUT2D eigenvalue weighted by Crippen LogP contribution is 2.34. The average Bonchev–Trinajstić information content (AvgIpc) is 3.38. The minimum absolute atomic E-state index is 0.746. The third-order valence-corrected chi connectivity index (χ3v) is 6.90. The Morgan fingerprint density at radius 2 is 1.71 bits per heavy atom. The first kappa shape index (κ1) is 23.0. The maximum atomic E-state index is 10.8. The number of nitrogens with one attached hydrogen (secondary N) is 1. The second kappa shape index (κ2) is 11.1. The van der Waals surface area contributed by atoms with Crippen LogP contribution in [0.4, 0.5) is 0 Å². The average molecular weight is 461 g/mol. The summed E-state index contributed by atoms with van der Waals surface area (Å²) in [4.78, 5) is 19.5. The van der Waals surface area contributed by atoms with Crippen molar-refractivity contribution in [2.45, 2.75) is 51.4 Å². The molecule has 0 bridgehead atoms. The number of unbranched alkanes of at least 4 members (excludes halogenated alkanes) is 1. The minimum atomic E-state index is 0.746. The lowest BCUT2D eigenvalue weighted by atomic mass is 9.94. The Labute approximate surface area is 208 Å². The zero-order chi connectivity index (χ0) is 23.9. The fourth-order valence-electron chi connectivity index (χ4n) is 4.87. The minimum Gasteiger partial charge on any atom is -0.338 e. The Bertz CT molecular complexity index is 1290. The van der Waals surface area contributed by atoms with Gasteiger partial charge in [0.15, 0.2) is 0 Å². The summed E-state index contributed by atoms with van der Waals surface area (Å²) < 4.78 is 0. The third kappa shape index (κ3) is 5.68. The van der Waals surface area contributed by atoms with Gasteiger partial charge in [-0.1, -0.05) is 90.6 Å². The summed E-state index contributed by atoms with van der Waals surface area (Å²) in [5.41, 5.74) is 9.41. The van der Waals surface area contributed by atoms with Crippen molar-refractivity contribution in [1.82, 2.24) is 9.97 Å². The molecule has 0 amide bonds. The number of allylic oxidation sites excluding steroid dienone is 8.